The van der Waals surface area contributed by atoms with Crippen molar-refractivity contribution in [3.63, 3.8) is 0 Å². The number of ether oxygens (including phenoxy) is 1. The quantitative estimate of drug-likeness (QED) is 0.612. The van der Waals surface area contributed by atoms with Gasteiger partial charge in [-0.3, -0.25) is 4.79 Å². The smallest absolute Gasteiger partial charge is 0.356 e. The molecule has 0 aliphatic rings. The Balaban J connectivity index is 1.91. The predicted molar refractivity (Wildman–Crippen MR) is 103 cm³/mol. The Morgan fingerprint density at radius 3 is 2.46 bits per heavy atom. The summed E-state index contributed by atoms with van der Waals surface area (Å²) >= 11 is 11.9. The Labute approximate surface area is 160 Å². The molecule has 0 spiro atoms. The summed E-state index contributed by atoms with van der Waals surface area (Å²) in [5, 5.41) is 4.62. The molecule has 3 aromatic rings. The number of amides is 1. The topological polar surface area (TPSA) is 71.2 Å². The normalized spacial score (nSPS) is 10.7. The number of rotatable bonds is 5. The molecule has 0 saturated carbocycles. The van der Waals surface area contributed by atoms with Gasteiger partial charge >= 0.3 is 5.97 Å². The first kappa shape index (κ1) is 18.3. The Morgan fingerprint density at radius 2 is 1.77 bits per heavy atom. The van der Waals surface area contributed by atoms with E-state index < -0.39 is 5.97 Å². The van der Waals surface area contributed by atoms with Crippen molar-refractivity contribution in [1.82, 2.24) is 4.98 Å². The van der Waals surface area contributed by atoms with Gasteiger partial charge in [-0.25, -0.2) is 4.79 Å². The van der Waals surface area contributed by atoms with Crippen molar-refractivity contribution in [3.05, 3.63) is 63.8 Å². The van der Waals surface area contributed by atoms with Gasteiger partial charge < -0.3 is 15.0 Å². The van der Waals surface area contributed by atoms with Crippen LogP contribution >= 0.6 is 23.2 Å². The Hall–Kier alpha value is -2.50. The van der Waals surface area contributed by atoms with Gasteiger partial charge in [0.2, 0.25) is 5.91 Å². The molecule has 7 heteroatoms. The van der Waals surface area contributed by atoms with Gasteiger partial charge in [0.05, 0.1) is 18.7 Å². The van der Waals surface area contributed by atoms with Crippen molar-refractivity contribution in [2.75, 3.05) is 11.9 Å². The fourth-order valence-electron chi connectivity index (χ4n) is 2.63. The van der Waals surface area contributed by atoms with Gasteiger partial charge in [0.1, 0.15) is 5.69 Å². The molecular weight excluding hydrogens is 375 g/mol. The molecule has 0 atom stereocenters. The summed E-state index contributed by atoms with van der Waals surface area (Å²) in [6.07, 6.45) is 0.152. The second kappa shape index (κ2) is 7.81. The summed E-state index contributed by atoms with van der Waals surface area (Å²) in [7, 11) is 0. The molecule has 0 saturated heterocycles. The summed E-state index contributed by atoms with van der Waals surface area (Å²) in [6.45, 7) is 1.95. The van der Waals surface area contributed by atoms with Crippen LogP contribution in [0.5, 0.6) is 0 Å². The molecule has 1 amide bonds. The SMILES string of the molecule is CCOC(=O)c1[nH]c2cc(Cl)ccc2c1NC(=O)Cc1ccc(Cl)cc1. The number of anilines is 1. The second-order valence-corrected chi connectivity index (χ2v) is 6.51. The maximum Gasteiger partial charge on any atom is 0.356 e. The summed E-state index contributed by atoms with van der Waals surface area (Å²) in [6, 6.07) is 12.1. The van der Waals surface area contributed by atoms with Crippen LogP contribution in [0, 0.1) is 0 Å². The van der Waals surface area contributed by atoms with Gasteiger partial charge in [0, 0.05) is 20.9 Å². The molecule has 2 N–H and O–H groups in total. The number of carbonyl (C=O) groups is 2. The molecule has 0 bridgehead atoms. The highest BCUT2D eigenvalue weighted by atomic mass is 35.5. The highest BCUT2D eigenvalue weighted by molar-refractivity contribution is 6.31. The summed E-state index contributed by atoms with van der Waals surface area (Å²) < 4.78 is 5.07. The first-order chi connectivity index (χ1) is 12.5. The Kier molecular flexibility index (Phi) is 5.49. The number of carbonyl (C=O) groups excluding carboxylic acids is 2. The van der Waals surface area contributed by atoms with Crippen molar-refractivity contribution in [2.45, 2.75) is 13.3 Å². The Morgan fingerprint density at radius 1 is 1.08 bits per heavy atom. The molecule has 1 aromatic heterocycles. The molecule has 0 radical (unpaired) electrons. The van der Waals surface area contributed by atoms with Gasteiger partial charge in [-0.2, -0.15) is 0 Å². The standard InChI is InChI=1S/C19H16Cl2N2O3/c1-2-26-19(25)18-17(14-8-7-13(21)10-15(14)22-18)23-16(24)9-11-3-5-12(20)6-4-11/h3-8,10,22H,2,9H2,1H3,(H,23,24). The highest BCUT2D eigenvalue weighted by Crippen LogP contribution is 2.30. The molecule has 2 aromatic carbocycles. The maximum atomic E-state index is 12.5. The number of hydrogen-bond acceptors (Lipinski definition) is 3. The lowest BCUT2D eigenvalue weighted by Crippen LogP contribution is -2.17. The first-order valence-corrected chi connectivity index (χ1v) is 8.76. The van der Waals surface area contributed by atoms with Gasteiger partial charge in [0.25, 0.3) is 0 Å². The molecule has 1 heterocycles. The van der Waals surface area contributed by atoms with E-state index in [1.807, 2.05) is 0 Å². The molecule has 26 heavy (non-hydrogen) atoms. The zero-order chi connectivity index (χ0) is 18.7. The number of aromatic amines is 1. The van der Waals surface area contributed by atoms with E-state index in [-0.39, 0.29) is 24.6 Å². The number of halogens is 2. The average Bonchev–Trinajstić information content (AvgIpc) is 2.94. The Bertz CT molecular complexity index is 965. The molecule has 0 aliphatic heterocycles. The van der Waals surface area contributed by atoms with Gasteiger partial charge in [-0.15, -0.1) is 0 Å². The third-order valence-electron chi connectivity index (χ3n) is 3.78. The molecular formula is C19H16Cl2N2O3. The van der Waals surface area contributed by atoms with Crippen molar-refractivity contribution >= 4 is 51.7 Å². The molecule has 0 aliphatic carbocycles. The van der Waals surface area contributed by atoms with E-state index in [1.54, 1.807) is 49.4 Å². The van der Waals surface area contributed by atoms with Crippen LogP contribution in [0.15, 0.2) is 42.5 Å². The lowest BCUT2D eigenvalue weighted by molar-refractivity contribution is -0.115. The van der Waals surface area contributed by atoms with Gasteiger partial charge in [-0.05, 0) is 42.8 Å². The first-order valence-electron chi connectivity index (χ1n) is 8.00. The number of benzene rings is 2. The van der Waals surface area contributed by atoms with Crippen LogP contribution in [0.3, 0.4) is 0 Å². The monoisotopic (exact) mass is 390 g/mol. The lowest BCUT2D eigenvalue weighted by Gasteiger charge is -2.07. The van der Waals surface area contributed by atoms with E-state index >= 15 is 0 Å². The zero-order valence-electron chi connectivity index (χ0n) is 13.9. The number of fused-ring (bicyclic) bond motifs is 1. The molecule has 5 nitrogen and oxygen atoms in total. The van der Waals surface area contributed by atoms with Crippen LogP contribution in [-0.2, 0) is 16.0 Å². The van der Waals surface area contributed by atoms with E-state index in [0.29, 0.717) is 26.6 Å². The maximum absolute atomic E-state index is 12.5. The fraction of sp³-hybridized carbons (Fsp3) is 0.158. The van der Waals surface area contributed by atoms with Crippen molar-refractivity contribution in [3.8, 4) is 0 Å². The van der Waals surface area contributed by atoms with E-state index in [2.05, 4.69) is 10.3 Å². The van der Waals surface area contributed by atoms with E-state index in [1.165, 1.54) is 0 Å². The average molecular weight is 391 g/mol. The summed E-state index contributed by atoms with van der Waals surface area (Å²) in [4.78, 5) is 27.7. The van der Waals surface area contributed by atoms with Crippen molar-refractivity contribution < 1.29 is 14.3 Å². The van der Waals surface area contributed by atoms with Crippen LogP contribution in [0.4, 0.5) is 5.69 Å². The van der Waals surface area contributed by atoms with Crippen LogP contribution in [0.25, 0.3) is 10.9 Å². The minimum absolute atomic E-state index is 0.152. The zero-order valence-corrected chi connectivity index (χ0v) is 15.4. The second-order valence-electron chi connectivity index (χ2n) is 5.64. The minimum atomic E-state index is -0.540. The third-order valence-corrected chi connectivity index (χ3v) is 4.27. The van der Waals surface area contributed by atoms with Gasteiger partial charge in [-0.1, -0.05) is 35.3 Å². The van der Waals surface area contributed by atoms with Crippen LogP contribution in [0.2, 0.25) is 10.0 Å². The molecule has 3 rings (SSSR count). The predicted octanol–water partition coefficient (Wildman–Crippen LogP) is 4.83. The van der Waals surface area contributed by atoms with Crippen molar-refractivity contribution in [2.24, 2.45) is 0 Å². The number of hydrogen-bond donors (Lipinski definition) is 2. The fourth-order valence-corrected chi connectivity index (χ4v) is 2.93. The molecule has 0 unspecified atom stereocenters. The number of nitrogens with one attached hydrogen (secondary N) is 2. The van der Waals surface area contributed by atoms with E-state index in [0.717, 1.165) is 5.56 Å². The molecule has 0 fully saturated rings. The third kappa shape index (κ3) is 4.00. The highest BCUT2D eigenvalue weighted by Gasteiger charge is 2.21. The summed E-state index contributed by atoms with van der Waals surface area (Å²) in [5.74, 6) is -0.796. The van der Waals surface area contributed by atoms with Crippen molar-refractivity contribution in [1.29, 1.82) is 0 Å². The van der Waals surface area contributed by atoms with Crippen LogP contribution in [-0.4, -0.2) is 23.5 Å². The van der Waals surface area contributed by atoms with Gasteiger partial charge in [0.15, 0.2) is 0 Å². The number of aromatic nitrogens is 1. The van der Waals surface area contributed by atoms with E-state index in [4.69, 9.17) is 27.9 Å². The number of H-pyrrole nitrogens is 1. The largest absolute Gasteiger partial charge is 0.461 e. The van der Waals surface area contributed by atoms with Crippen LogP contribution in [0.1, 0.15) is 23.0 Å². The minimum Gasteiger partial charge on any atom is -0.461 e. The lowest BCUT2D eigenvalue weighted by atomic mass is 10.1. The molecule has 134 valence electrons. The van der Waals surface area contributed by atoms with Crippen LogP contribution < -0.4 is 5.32 Å². The van der Waals surface area contributed by atoms with E-state index in [9.17, 15) is 9.59 Å². The number of esters is 1. The summed E-state index contributed by atoms with van der Waals surface area (Å²) in [5.41, 5.74) is 2.03.